The van der Waals surface area contributed by atoms with Crippen molar-refractivity contribution in [1.29, 1.82) is 0 Å². The van der Waals surface area contributed by atoms with Crippen LogP contribution in [0.3, 0.4) is 0 Å². The Kier molecular flexibility index (Phi) is 3.95. The smallest absolute Gasteiger partial charge is 0.332 e. The Morgan fingerprint density at radius 2 is 1.55 bits per heavy atom. The number of amides is 2. The molecule has 2 rings (SSSR count). The van der Waals surface area contributed by atoms with Crippen LogP contribution in [-0.4, -0.2) is 16.8 Å². The number of carbonyl (C=O) groups excluding carboxylic acids is 1. The number of halogens is 1. The van der Waals surface area contributed by atoms with Crippen molar-refractivity contribution in [3.05, 3.63) is 65.5 Å². The molecule has 0 aliphatic heterocycles. The molecule has 0 radical (unpaired) electrons. The first kappa shape index (κ1) is 13.5. The highest BCUT2D eigenvalue weighted by Crippen LogP contribution is 2.15. The second kappa shape index (κ2) is 5.83. The molecule has 0 fully saturated rings. The average Bonchev–Trinajstić information content (AvgIpc) is 2.42. The monoisotopic (exact) mass is 273 g/mol. The summed E-state index contributed by atoms with van der Waals surface area (Å²) in [7, 11) is 0. The molecule has 0 atom stereocenters. The molecule has 0 aliphatic carbocycles. The van der Waals surface area contributed by atoms with Crippen molar-refractivity contribution in [3.8, 4) is 5.75 Å². The van der Waals surface area contributed by atoms with Gasteiger partial charge in [-0.15, -0.1) is 0 Å². The largest absolute Gasteiger partial charge is 0.508 e. The molecular weight excluding hydrogens is 261 g/mol. The highest BCUT2D eigenvalue weighted by atomic mass is 19.1. The third kappa shape index (κ3) is 3.32. The Labute approximate surface area is 114 Å². The first-order chi connectivity index (χ1) is 9.56. The first-order valence-electron chi connectivity index (χ1n) is 5.75. The minimum atomic E-state index is -0.802. The normalized spacial score (nSPS) is 11.2. The van der Waals surface area contributed by atoms with Crippen LogP contribution in [0.25, 0.3) is 0 Å². The molecule has 0 aliphatic rings. The van der Waals surface area contributed by atoms with Crippen molar-refractivity contribution in [2.24, 2.45) is 10.8 Å². The molecule has 0 aromatic heterocycles. The number of hydrogen-bond donors (Lipinski definition) is 3. The van der Waals surface area contributed by atoms with Gasteiger partial charge in [-0.2, -0.15) is 5.10 Å². The van der Waals surface area contributed by atoms with E-state index in [2.05, 4.69) is 10.5 Å². The lowest BCUT2D eigenvalue weighted by Gasteiger charge is -2.07. The van der Waals surface area contributed by atoms with Crippen LogP contribution in [0.5, 0.6) is 5.75 Å². The maximum Gasteiger partial charge on any atom is 0.332 e. The minimum Gasteiger partial charge on any atom is -0.508 e. The molecule has 5 nitrogen and oxygen atoms in total. The molecule has 102 valence electrons. The zero-order valence-corrected chi connectivity index (χ0v) is 10.4. The Bertz CT molecular complexity index is 589. The number of nitrogens with one attached hydrogen (secondary N) is 1. The van der Waals surface area contributed by atoms with E-state index >= 15 is 0 Å². The van der Waals surface area contributed by atoms with Gasteiger partial charge in [-0.1, -0.05) is 0 Å². The van der Waals surface area contributed by atoms with E-state index in [9.17, 15) is 14.3 Å². The molecule has 0 heterocycles. The number of nitrogens with zero attached hydrogens (tertiary/aromatic N) is 1. The zero-order chi connectivity index (χ0) is 14.5. The van der Waals surface area contributed by atoms with Crippen molar-refractivity contribution < 1.29 is 14.3 Å². The fraction of sp³-hybridized carbons (Fsp3) is 0. The highest BCUT2D eigenvalue weighted by molar-refractivity contribution is 6.13. The van der Waals surface area contributed by atoms with Crippen LogP contribution in [-0.2, 0) is 0 Å². The van der Waals surface area contributed by atoms with Crippen LogP contribution in [0.2, 0.25) is 0 Å². The van der Waals surface area contributed by atoms with Gasteiger partial charge in [-0.05, 0) is 48.5 Å². The summed E-state index contributed by atoms with van der Waals surface area (Å²) in [5, 5.41) is 13.2. The molecule has 20 heavy (non-hydrogen) atoms. The van der Waals surface area contributed by atoms with Crippen LogP contribution in [0.15, 0.2) is 53.6 Å². The van der Waals surface area contributed by atoms with E-state index in [0.29, 0.717) is 16.8 Å². The van der Waals surface area contributed by atoms with E-state index in [1.54, 1.807) is 12.1 Å². The highest BCUT2D eigenvalue weighted by Gasteiger charge is 2.08. The summed E-state index contributed by atoms with van der Waals surface area (Å²) in [5.41, 5.74) is 8.78. The number of nitrogens with two attached hydrogens (primary N) is 1. The molecule has 0 saturated carbocycles. The minimum absolute atomic E-state index is 0.107. The topological polar surface area (TPSA) is 87.7 Å². The van der Waals surface area contributed by atoms with Gasteiger partial charge >= 0.3 is 6.03 Å². The van der Waals surface area contributed by atoms with Crippen molar-refractivity contribution in [1.82, 2.24) is 5.43 Å². The zero-order valence-electron chi connectivity index (χ0n) is 10.4. The standard InChI is InChI=1S/C14H12FN3O2/c15-11-5-1-9(2-6-11)13(17-18-14(16)20)10-3-7-12(19)8-4-10/h1-8,19H,(H3,16,18,20). The Morgan fingerprint density at radius 1 is 1.05 bits per heavy atom. The van der Waals surface area contributed by atoms with Crippen LogP contribution in [0.1, 0.15) is 11.1 Å². The van der Waals surface area contributed by atoms with Crippen LogP contribution < -0.4 is 11.2 Å². The number of hydrogen-bond acceptors (Lipinski definition) is 3. The van der Waals surface area contributed by atoms with Gasteiger partial charge in [0.05, 0.1) is 5.71 Å². The molecule has 0 saturated heterocycles. The van der Waals surface area contributed by atoms with Gasteiger partial charge in [-0.3, -0.25) is 0 Å². The van der Waals surface area contributed by atoms with Crippen molar-refractivity contribution in [2.45, 2.75) is 0 Å². The van der Waals surface area contributed by atoms with Gasteiger partial charge in [0, 0.05) is 11.1 Å². The van der Waals surface area contributed by atoms with Gasteiger partial charge in [0.25, 0.3) is 0 Å². The van der Waals surface area contributed by atoms with E-state index in [-0.39, 0.29) is 11.6 Å². The lowest BCUT2D eigenvalue weighted by Crippen LogP contribution is -2.26. The molecule has 0 spiro atoms. The second-order valence-electron chi connectivity index (χ2n) is 3.99. The van der Waals surface area contributed by atoms with Gasteiger partial charge in [0.1, 0.15) is 11.6 Å². The summed E-state index contributed by atoms with van der Waals surface area (Å²) in [6.07, 6.45) is 0. The lowest BCUT2D eigenvalue weighted by molar-refractivity contribution is 0.249. The number of phenolic OH excluding ortho intramolecular Hbond substituents is 1. The third-order valence-electron chi connectivity index (χ3n) is 2.54. The number of carbonyl (C=O) groups is 1. The molecule has 4 N–H and O–H groups in total. The van der Waals surface area contributed by atoms with Gasteiger partial charge in [-0.25, -0.2) is 14.6 Å². The molecule has 6 heteroatoms. The van der Waals surface area contributed by atoms with Crippen molar-refractivity contribution in [2.75, 3.05) is 0 Å². The van der Waals surface area contributed by atoms with E-state index in [4.69, 9.17) is 5.73 Å². The van der Waals surface area contributed by atoms with Crippen molar-refractivity contribution >= 4 is 11.7 Å². The Morgan fingerprint density at radius 3 is 2.05 bits per heavy atom. The van der Waals surface area contributed by atoms with Crippen molar-refractivity contribution in [3.63, 3.8) is 0 Å². The summed E-state index contributed by atoms with van der Waals surface area (Å²) >= 11 is 0. The van der Waals surface area contributed by atoms with Crippen LogP contribution in [0, 0.1) is 5.82 Å². The molecule has 0 bridgehead atoms. The number of aromatic hydroxyl groups is 1. The van der Waals surface area contributed by atoms with Gasteiger partial charge in [0.2, 0.25) is 0 Å². The summed E-state index contributed by atoms with van der Waals surface area (Å²) in [4.78, 5) is 10.8. The predicted octanol–water partition coefficient (Wildman–Crippen LogP) is 1.95. The molecule has 2 amide bonds. The molecule has 0 unspecified atom stereocenters. The fourth-order valence-electron chi connectivity index (χ4n) is 1.63. The van der Waals surface area contributed by atoms with Gasteiger partial charge < -0.3 is 10.8 Å². The lowest BCUT2D eigenvalue weighted by atomic mass is 10.0. The van der Waals surface area contributed by atoms with E-state index in [0.717, 1.165) is 0 Å². The number of hydrazone groups is 1. The quantitative estimate of drug-likeness (QED) is 0.589. The number of benzene rings is 2. The fourth-order valence-corrected chi connectivity index (χ4v) is 1.63. The van der Waals surface area contributed by atoms with E-state index < -0.39 is 6.03 Å². The number of urea groups is 1. The maximum absolute atomic E-state index is 13.0. The van der Waals surface area contributed by atoms with E-state index in [1.165, 1.54) is 36.4 Å². The summed E-state index contributed by atoms with van der Waals surface area (Å²) < 4.78 is 13.0. The molecule has 2 aromatic rings. The average molecular weight is 273 g/mol. The number of phenols is 1. The SMILES string of the molecule is NC(=O)NN=C(c1ccc(O)cc1)c1ccc(F)cc1. The van der Waals surface area contributed by atoms with Crippen LogP contribution >= 0.6 is 0 Å². The maximum atomic E-state index is 13.0. The van der Waals surface area contributed by atoms with Crippen LogP contribution in [0.4, 0.5) is 9.18 Å². The Hall–Kier alpha value is -2.89. The molecular formula is C14H12FN3O2. The summed E-state index contributed by atoms with van der Waals surface area (Å²) in [5.74, 6) is -0.267. The third-order valence-corrected chi connectivity index (χ3v) is 2.54. The second-order valence-corrected chi connectivity index (χ2v) is 3.99. The summed E-state index contributed by atoms with van der Waals surface area (Å²) in [6, 6.07) is 11.1. The number of rotatable bonds is 3. The van der Waals surface area contributed by atoms with Gasteiger partial charge in [0.15, 0.2) is 0 Å². The summed E-state index contributed by atoms with van der Waals surface area (Å²) in [6.45, 7) is 0. The Balaban J connectivity index is 2.44. The van der Waals surface area contributed by atoms with E-state index in [1.807, 2.05) is 0 Å². The predicted molar refractivity (Wildman–Crippen MR) is 72.9 cm³/mol. The number of primary amides is 1. The molecule has 2 aromatic carbocycles. The first-order valence-corrected chi connectivity index (χ1v) is 5.75.